The molecule has 6 rings (SSSR count). The zero-order chi connectivity index (χ0) is 40.7. The van der Waals surface area contributed by atoms with Crippen LogP contribution in [-0.2, 0) is 0 Å². The van der Waals surface area contributed by atoms with Gasteiger partial charge in [0.1, 0.15) is 11.3 Å². The molecular weight excluding hydrogens is 730 g/mol. The van der Waals surface area contributed by atoms with Crippen molar-refractivity contribution in [1.82, 2.24) is 4.98 Å². The lowest BCUT2D eigenvalue weighted by molar-refractivity contribution is 0.260. The predicted molar refractivity (Wildman–Crippen MR) is 237 cm³/mol. The van der Waals surface area contributed by atoms with E-state index in [0.717, 1.165) is 134 Å². The minimum absolute atomic E-state index is 0.204. The summed E-state index contributed by atoms with van der Waals surface area (Å²) in [6.45, 7) is 13.9. The third-order valence-corrected chi connectivity index (χ3v) is 10.8. The Morgan fingerprint density at radius 3 is 1.24 bits per heavy atom. The number of fused-ring (bicyclic) bond motifs is 8. The van der Waals surface area contributed by atoms with E-state index in [1.807, 2.05) is 0 Å². The number of halogens is 1. The summed E-state index contributed by atoms with van der Waals surface area (Å²) in [6, 6.07) is 17.2. The number of benzene rings is 5. The maximum atomic E-state index is 15.4. The molecule has 0 aliphatic carbocycles. The van der Waals surface area contributed by atoms with Crippen molar-refractivity contribution < 1.29 is 32.5 Å². The van der Waals surface area contributed by atoms with Crippen LogP contribution in [0.2, 0.25) is 0 Å². The Balaban J connectivity index is 1.68. The van der Waals surface area contributed by atoms with Gasteiger partial charge in [0.15, 0.2) is 34.3 Å². The molecule has 312 valence electrons. The van der Waals surface area contributed by atoms with E-state index in [0.29, 0.717) is 72.7 Å². The van der Waals surface area contributed by atoms with Crippen molar-refractivity contribution in [2.24, 2.45) is 0 Å². The number of nitrogens with zero attached hydrogens (tertiary/aromatic N) is 1. The fourth-order valence-electron chi connectivity index (χ4n) is 7.51. The van der Waals surface area contributed by atoms with Gasteiger partial charge in [0, 0.05) is 5.39 Å². The smallest absolute Gasteiger partial charge is 0.230 e. The Morgan fingerprint density at radius 1 is 0.466 bits per heavy atom. The molecule has 0 N–H and O–H groups in total. The monoisotopic (exact) mass is 793 g/mol. The highest BCUT2D eigenvalue weighted by molar-refractivity contribution is 6.32. The molecular formula is C50H64FNO6. The average Bonchev–Trinajstić information content (AvgIpc) is 3.68. The molecule has 0 amide bonds. The molecule has 8 heteroatoms. The molecule has 0 aliphatic heterocycles. The average molecular weight is 794 g/mol. The first-order valence-electron chi connectivity index (χ1n) is 22.3. The van der Waals surface area contributed by atoms with Crippen molar-refractivity contribution >= 4 is 43.4 Å². The highest BCUT2D eigenvalue weighted by Crippen LogP contribution is 2.48. The largest absolute Gasteiger partial charge is 0.490 e. The van der Waals surface area contributed by atoms with E-state index in [1.165, 1.54) is 6.07 Å². The van der Waals surface area contributed by atoms with Crippen molar-refractivity contribution in [1.29, 1.82) is 0 Å². The zero-order valence-corrected chi connectivity index (χ0v) is 35.6. The van der Waals surface area contributed by atoms with Crippen LogP contribution in [0.4, 0.5) is 4.39 Å². The molecule has 1 heterocycles. The summed E-state index contributed by atoms with van der Waals surface area (Å²) in [5, 5.41) is 5.67. The fraction of sp³-hybridized carbons (Fsp3) is 0.500. The maximum absolute atomic E-state index is 15.4. The molecule has 0 fully saturated rings. The maximum Gasteiger partial charge on any atom is 0.230 e. The van der Waals surface area contributed by atoms with Crippen LogP contribution in [0.3, 0.4) is 0 Å². The normalized spacial score (nSPS) is 11.6. The van der Waals surface area contributed by atoms with Crippen molar-refractivity contribution in [2.75, 3.05) is 33.0 Å². The number of oxazole rings is 1. The van der Waals surface area contributed by atoms with Gasteiger partial charge in [0.2, 0.25) is 5.89 Å². The molecule has 0 bridgehead atoms. The molecule has 0 radical (unpaired) electrons. The molecule has 0 atom stereocenters. The van der Waals surface area contributed by atoms with Crippen molar-refractivity contribution in [3.63, 3.8) is 0 Å². The zero-order valence-electron chi connectivity index (χ0n) is 35.6. The number of ether oxygens (including phenoxy) is 5. The van der Waals surface area contributed by atoms with Crippen LogP contribution in [-0.4, -0.2) is 38.0 Å². The summed E-state index contributed by atoms with van der Waals surface area (Å²) in [6.07, 6.45) is 15.6. The van der Waals surface area contributed by atoms with E-state index in [4.69, 9.17) is 33.1 Å². The Bertz CT molecular complexity index is 2180. The number of hydrogen-bond donors (Lipinski definition) is 0. The molecule has 0 spiro atoms. The molecule has 58 heavy (non-hydrogen) atoms. The Kier molecular flexibility index (Phi) is 16.2. The number of hydrogen-bond acceptors (Lipinski definition) is 7. The van der Waals surface area contributed by atoms with Crippen LogP contribution < -0.4 is 23.7 Å². The van der Waals surface area contributed by atoms with Gasteiger partial charge in [-0.25, -0.2) is 9.37 Å². The molecule has 6 aromatic rings. The molecule has 0 aliphatic rings. The second-order valence-corrected chi connectivity index (χ2v) is 15.4. The van der Waals surface area contributed by atoms with Gasteiger partial charge in [0.05, 0.1) is 38.6 Å². The first-order valence-corrected chi connectivity index (χ1v) is 22.3. The van der Waals surface area contributed by atoms with Crippen LogP contribution in [0.5, 0.6) is 28.7 Å². The highest BCUT2D eigenvalue weighted by Gasteiger charge is 2.24. The van der Waals surface area contributed by atoms with Crippen molar-refractivity contribution in [2.45, 2.75) is 131 Å². The van der Waals surface area contributed by atoms with Gasteiger partial charge in [-0.2, -0.15) is 0 Å². The molecule has 0 saturated heterocycles. The van der Waals surface area contributed by atoms with Crippen molar-refractivity contribution in [3.8, 4) is 40.2 Å². The van der Waals surface area contributed by atoms with E-state index < -0.39 is 5.82 Å². The summed E-state index contributed by atoms with van der Waals surface area (Å²) in [5.74, 6) is 3.23. The van der Waals surface area contributed by atoms with Gasteiger partial charge in [0.25, 0.3) is 0 Å². The van der Waals surface area contributed by atoms with Gasteiger partial charge >= 0.3 is 0 Å². The van der Waals surface area contributed by atoms with Gasteiger partial charge in [-0.1, -0.05) is 111 Å². The molecule has 1 aromatic heterocycles. The summed E-state index contributed by atoms with van der Waals surface area (Å²) in [5.41, 5.74) is 1.39. The molecule has 5 aromatic carbocycles. The summed E-state index contributed by atoms with van der Waals surface area (Å²) in [4.78, 5) is 5.10. The van der Waals surface area contributed by atoms with Crippen LogP contribution >= 0.6 is 0 Å². The van der Waals surface area contributed by atoms with Crippen LogP contribution in [0.1, 0.15) is 131 Å². The Hall–Kier alpha value is -4.72. The number of unbranched alkanes of at least 4 members (excludes halogenated alkanes) is 10. The predicted octanol–water partition coefficient (Wildman–Crippen LogP) is 14.9. The Morgan fingerprint density at radius 2 is 0.828 bits per heavy atom. The standard InChI is InChI=1S/C50H64FNO6/c1-6-11-18-25-53-42-30-36-37-31-44(55-27-20-13-8-3)45(56-28-21-14-9-4)33-39(37)47-40(38(36)32-43(42)54-26-19-12-7-2)34-46(57-29-22-15-10-5)49-48(47)52-50(58-49)35-23-16-17-24-41(35)51/h16-17,23-24,30-34H,6-15,18-22,25-29H2,1-5H3. The minimum atomic E-state index is -0.400. The van der Waals surface area contributed by atoms with Gasteiger partial charge in [-0.3, -0.25) is 0 Å². The molecule has 7 nitrogen and oxygen atoms in total. The second kappa shape index (κ2) is 21.9. The number of rotatable bonds is 26. The lowest BCUT2D eigenvalue weighted by atomic mass is 9.92. The highest BCUT2D eigenvalue weighted by atomic mass is 19.1. The summed E-state index contributed by atoms with van der Waals surface area (Å²) in [7, 11) is 0. The third-order valence-electron chi connectivity index (χ3n) is 10.8. The van der Waals surface area contributed by atoms with Gasteiger partial charge in [-0.15, -0.1) is 0 Å². The first-order chi connectivity index (χ1) is 28.5. The third kappa shape index (κ3) is 10.3. The quantitative estimate of drug-likeness (QED) is 0.0400. The van der Waals surface area contributed by atoms with Crippen molar-refractivity contribution in [3.05, 3.63) is 60.4 Å². The second-order valence-electron chi connectivity index (χ2n) is 15.4. The topological polar surface area (TPSA) is 72.2 Å². The minimum Gasteiger partial charge on any atom is -0.490 e. The molecule has 0 saturated carbocycles. The van der Waals surface area contributed by atoms with Crippen LogP contribution in [0, 0.1) is 5.82 Å². The van der Waals surface area contributed by atoms with E-state index in [-0.39, 0.29) is 5.89 Å². The summed E-state index contributed by atoms with van der Waals surface area (Å²) < 4.78 is 54.7. The van der Waals surface area contributed by atoms with Gasteiger partial charge in [-0.05, 0) is 101 Å². The number of aromatic nitrogens is 1. The first kappa shape index (κ1) is 42.9. The van der Waals surface area contributed by atoms with Gasteiger partial charge < -0.3 is 28.1 Å². The Labute approximate surface area is 344 Å². The lowest BCUT2D eigenvalue weighted by Crippen LogP contribution is -2.04. The van der Waals surface area contributed by atoms with Crippen LogP contribution in [0.15, 0.2) is 59.0 Å². The van der Waals surface area contributed by atoms with E-state index in [2.05, 4.69) is 65.0 Å². The van der Waals surface area contributed by atoms with E-state index in [1.54, 1.807) is 18.2 Å². The lowest BCUT2D eigenvalue weighted by Gasteiger charge is -2.20. The molecule has 0 unspecified atom stereocenters. The van der Waals surface area contributed by atoms with E-state index >= 15 is 4.39 Å². The SMILES string of the molecule is CCCCCOc1cc2c3cc(OCCCCC)c(OCCCCC)cc3c3c(cc(OCCCCC)c4oc(-c5ccccc5F)nc43)c2cc1OCCCCC. The van der Waals surface area contributed by atoms with Crippen LogP contribution in [0.25, 0.3) is 54.9 Å². The fourth-order valence-corrected chi connectivity index (χ4v) is 7.51. The van der Waals surface area contributed by atoms with E-state index in [9.17, 15) is 0 Å². The summed E-state index contributed by atoms with van der Waals surface area (Å²) >= 11 is 0.